The van der Waals surface area contributed by atoms with Crippen LogP contribution in [0.3, 0.4) is 0 Å². The summed E-state index contributed by atoms with van der Waals surface area (Å²) in [6.07, 6.45) is 4.63. The molecule has 5 nitrogen and oxygen atoms in total. The number of likely N-dealkylation sites (tertiary alicyclic amines) is 1. The van der Waals surface area contributed by atoms with Crippen molar-refractivity contribution in [2.75, 3.05) is 6.54 Å². The van der Waals surface area contributed by atoms with Gasteiger partial charge in [0.05, 0.1) is 24.6 Å². The summed E-state index contributed by atoms with van der Waals surface area (Å²) in [5.74, 6) is -0.00000798. The number of hydrogen-bond donors (Lipinski definition) is 1. The number of nitrogens with zero attached hydrogens (tertiary/aromatic N) is 3. The minimum atomic E-state index is -0.597. The Labute approximate surface area is 200 Å². The summed E-state index contributed by atoms with van der Waals surface area (Å²) in [6, 6.07) is 31.0. The van der Waals surface area contributed by atoms with Gasteiger partial charge in [-0.25, -0.2) is 4.98 Å². The maximum absolute atomic E-state index is 12.3. The van der Waals surface area contributed by atoms with Gasteiger partial charge in [0.2, 0.25) is 5.91 Å². The average molecular weight is 459 g/mol. The second-order valence-electron chi connectivity index (χ2n) is 8.24. The largest absolute Gasteiger partial charge is 0.335 e. The van der Waals surface area contributed by atoms with Crippen LogP contribution in [0.25, 0.3) is 0 Å². The summed E-state index contributed by atoms with van der Waals surface area (Å²) in [5.41, 5.74) is 9.58. The number of halogens is 1. The predicted molar refractivity (Wildman–Crippen MR) is 132 cm³/mol. The molecule has 0 radical (unpaired) electrons. The average Bonchev–Trinajstić information content (AvgIpc) is 3.44. The van der Waals surface area contributed by atoms with Gasteiger partial charge in [-0.15, -0.1) is 12.4 Å². The summed E-state index contributed by atoms with van der Waals surface area (Å²) in [6.45, 7) is 1.14. The molecular weight excluding hydrogens is 432 g/mol. The van der Waals surface area contributed by atoms with E-state index >= 15 is 0 Å². The van der Waals surface area contributed by atoms with Crippen LogP contribution in [0.2, 0.25) is 0 Å². The van der Waals surface area contributed by atoms with Crippen molar-refractivity contribution in [1.82, 2.24) is 14.5 Å². The third kappa shape index (κ3) is 4.06. The number of rotatable bonds is 6. The zero-order valence-electron chi connectivity index (χ0n) is 18.2. The molecule has 2 heterocycles. The lowest BCUT2D eigenvalue weighted by Gasteiger charge is -2.37. The van der Waals surface area contributed by atoms with Gasteiger partial charge in [0, 0.05) is 12.7 Å². The second-order valence-corrected chi connectivity index (χ2v) is 8.24. The van der Waals surface area contributed by atoms with Gasteiger partial charge in [-0.1, -0.05) is 91.0 Å². The van der Waals surface area contributed by atoms with Crippen LogP contribution in [0.1, 0.15) is 28.8 Å². The molecule has 1 fully saturated rings. The van der Waals surface area contributed by atoms with E-state index in [0.29, 0.717) is 19.5 Å². The van der Waals surface area contributed by atoms with Crippen LogP contribution in [0, 0.1) is 0 Å². The summed E-state index contributed by atoms with van der Waals surface area (Å²) < 4.78 is 2.17. The smallest absolute Gasteiger partial charge is 0.239 e. The Kier molecular flexibility index (Phi) is 6.63. The Hall–Kier alpha value is -3.41. The summed E-state index contributed by atoms with van der Waals surface area (Å²) in [5, 5.41) is 0. The van der Waals surface area contributed by atoms with E-state index in [1.807, 2.05) is 24.5 Å². The number of carbonyl (C=O) groups excluding carboxylic acids is 1. The predicted octanol–water partition coefficient (Wildman–Crippen LogP) is 4.20. The number of benzene rings is 3. The molecule has 0 saturated carbocycles. The molecule has 6 heteroatoms. The summed E-state index contributed by atoms with van der Waals surface area (Å²) >= 11 is 0. The molecule has 1 aliphatic rings. The van der Waals surface area contributed by atoms with E-state index in [-0.39, 0.29) is 18.3 Å². The van der Waals surface area contributed by atoms with Gasteiger partial charge in [0.1, 0.15) is 5.54 Å². The number of nitrogens with two attached hydrogens (primary N) is 1. The van der Waals surface area contributed by atoms with E-state index in [1.54, 1.807) is 4.90 Å². The Balaban J connectivity index is 0.00000259. The maximum atomic E-state index is 12.3. The molecule has 1 aliphatic heterocycles. The van der Waals surface area contributed by atoms with Crippen LogP contribution >= 0.6 is 12.4 Å². The van der Waals surface area contributed by atoms with E-state index in [9.17, 15) is 4.79 Å². The fourth-order valence-electron chi connectivity index (χ4n) is 4.73. The topological polar surface area (TPSA) is 64.2 Å². The first-order chi connectivity index (χ1) is 15.7. The molecule has 168 valence electrons. The molecule has 1 saturated heterocycles. The van der Waals surface area contributed by atoms with Crippen LogP contribution in [0.5, 0.6) is 0 Å². The first kappa shape index (κ1) is 22.8. The molecule has 1 atom stereocenters. The van der Waals surface area contributed by atoms with Crippen LogP contribution in [-0.4, -0.2) is 32.9 Å². The number of aromatic nitrogens is 2. The first-order valence-electron chi connectivity index (χ1n) is 10.9. The second kappa shape index (κ2) is 9.61. The Bertz CT molecular complexity index is 1100. The molecule has 1 aromatic heterocycles. The summed E-state index contributed by atoms with van der Waals surface area (Å²) in [4.78, 5) is 18.9. The Morgan fingerprint density at radius 1 is 0.848 bits per heavy atom. The zero-order valence-corrected chi connectivity index (χ0v) is 19.1. The van der Waals surface area contributed by atoms with Gasteiger partial charge in [-0.2, -0.15) is 0 Å². The van der Waals surface area contributed by atoms with E-state index in [1.165, 1.54) is 0 Å². The van der Waals surface area contributed by atoms with Crippen molar-refractivity contribution in [1.29, 1.82) is 0 Å². The van der Waals surface area contributed by atoms with Crippen molar-refractivity contribution >= 4 is 18.3 Å². The lowest BCUT2D eigenvalue weighted by atomic mass is 9.77. The summed E-state index contributed by atoms with van der Waals surface area (Å²) in [7, 11) is 0. The van der Waals surface area contributed by atoms with E-state index in [4.69, 9.17) is 10.7 Å². The molecule has 33 heavy (non-hydrogen) atoms. The lowest BCUT2D eigenvalue weighted by molar-refractivity contribution is -0.129. The highest BCUT2D eigenvalue weighted by atomic mass is 35.5. The molecule has 1 unspecified atom stereocenters. The van der Waals surface area contributed by atoms with Crippen LogP contribution in [-0.2, 0) is 16.9 Å². The SMILES string of the molecule is Cl.NC1CCN(Cc2cn(C(c3ccccc3)(c3ccccc3)c3ccccc3)cn2)C1=O. The highest BCUT2D eigenvalue weighted by molar-refractivity contribution is 5.85. The van der Waals surface area contributed by atoms with E-state index in [0.717, 1.165) is 22.4 Å². The quantitative estimate of drug-likeness (QED) is 0.440. The maximum Gasteiger partial charge on any atom is 0.239 e. The van der Waals surface area contributed by atoms with Gasteiger partial charge in [-0.05, 0) is 23.1 Å². The van der Waals surface area contributed by atoms with Crippen molar-refractivity contribution in [3.63, 3.8) is 0 Å². The molecule has 0 spiro atoms. The van der Waals surface area contributed by atoms with Crippen molar-refractivity contribution in [3.8, 4) is 0 Å². The minimum absolute atomic E-state index is 0. The van der Waals surface area contributed by atoms with Crippen molar-refractivity contribution in [2.45, 2.75) is 24.5 Å². The highest BCUT2D eigenvalue weighted by Crippen LogP contribution is 2.40. The number of imidazole rings is 1. The van der Waals surface area contributed by atoms with Crippen molar-refractivity contribution in [2.24, 2.45) is 5.73 Å². The van der Waals surface area contributed by atoms with Gasteiger partial charge in [0.25, 0.3) is 0 Å². The highest BCUT2D eigenvalue weighted by Gasteiger charge is 2.38. The number of carbonyl (C=O) groups is 1. The first-order valence-corrected chi connectivity index (χ1v) is 10.9. The van der Waals surface area contributed by atoms with Crippen LogP contribution in [0.4, 0.5) is 0 Å². The third-order valence-corrected chi connectivity index (χ3v) is 6.29. The third-order valence-electron chi connectivity index (χ3n) is 6.29. The van der Waals surface area contributed by atoms with Gasteiger partial charge >= 0.3 is 0 Å². The van der Waals surface area contributed by atoms with Crippen molar-refractivity contribution < 1.29 is 4.79 Å². The normalized spacial score (nSPS) is 16.0. The molecule has 1 amide bonds. The van der Waals surface area contributed by atoms with Crippen LogP contribution in [0.15, 0.2) is 104 Å². The lowest BCUT2D eigenvalue weighted by Crippen LogP contribution is -2.37. The van der Waals surface area contributed by atoms with Crippen LogP contribution < -0.4 is 5.73 Å². The molecule has 0 aliphatic carbocycles. The molecule has 2 N–H and O–H groups in total. The van der Waals surface area contributed by atoms with Crippen molar-refractivity contribution in [3.05, 3.63) is 126 Å². The molecule has 5 rings (SSSR count). The molecule has 0 bridgehead atoms. The number of amides is 1. The number of hydrogen-bond acceptors (Lipinski definition) is 3. The minimum Gasteiger partial charge on any atom is -0.335 e. The molecule has 4 aromatic rings. The van der Waals surface area contributed by atoms with E-state index < -0.39 is 11.6 Å². The van der Waals surface area contributed by atoms with Gasteiger partial charge in [-0.3, -0.25) is 4.79 Å². The Morgan fingerprint density at radius 2 is 1.33 bits per heavy atom. The van der Waals surface area contributed by atoms with Gasteiger partial charge < -0.3 is 15.2 Å². The molecular formula is C27H27ClN4O. The Morgan fingerprint density at radius 3 is 1.76 bits per heavy atom. The zero-order chi connectivity index (χ0) is 22.0. The monoisotopic (exact) mass is 458 g/mol. The standard InChI is InChI=1S/C27H26N4O.ClH/c28-25-16-17-30(26(25)32)18-24-19-31(20-29-24)27(21-10-4-1-5-11-21,22-12-6-2-7-13-22)23-14-8-3-9-15-23;/h1-15,19-20,25H,16-18,28H2;1H. The van der Waals surface area contributed by atoms with Gasteiger partial charge in [0.15, 0.2) is 0 Å². The fourth-order valence-corrected chi connectivity index (χ4v) is 4.73. The fraction of sp³-hybridized carbons (Fsp3) is 0.185. The van der Waals surface area contributed by atoms with E-state index in [2.05, 4.69) is 83.6 Å². The molecule has 3 aromatic carbocycles.